The summed E-state index contributed by atoms with van der Waals surface area (Å²) < 4.78 is 6.12. The van der Waals surface area contributed by atoms with Crippen molar-refractivity contribution in [3.05, 3.63) is 58.4 Å². The molecule has 112 valence electrons. The van der Waals surface area contributed by atoms with Crippen molar-refractivity contribution < 1.29 is 9.53 Å². The molecule has 22 heavy (non-hydrogen) atoms. The molecule has 0 N–H and O–H groups in total. The standard InChI is InChI=1S/C19H18O2S/c1-2-3-12-7-17-13(8-19(12)22)6-16-15(11-4-5-11)9-14(20)10-18(16)21-17/h6-11,17H,2-5H2,1H3. The fourth-order valence-corrected chi connectivity index (χ4v) is 3.60. The van der Waals surface area contributed by atoms with Gasteiger partial charge in [0, 0.05) is 16.5 Å². The van der Waals surface area contributed by atoms with Crippen LogP contribution in [0.25, 0.3) is 0 Å². The first-order chi connectivity index (χ1) is 10.7. The summed E-state index contributed by atoms with van der Waals surface area (Å²) in [5.41, 5.74) is 4.53. The smallest absolute Gasteiger partial charge is 0.182 e. The zero-order valence-electron chi connectivity index (χ0n) is 12.6. The lowest BCUT2D eigenvalue weighted by Crippen LogP contribution is -2.25. The minimum atomic E-state index is -0.102. The monoisotopic (exact) mass is 310 g/mol. The number of carbonyl (C=O) groups is 1. The number of hydrogen-bond donors (Lipinski definition) is 0. The molecule has 2 nitrogen and oxygen atoms in total. The van der Waals surface area contributed by atoms with Crippen molar-refractivity contribution in [1.29, 1.82) is 0 Å². The second-order valence-electron chi connectivity index (χ2n) is 6.33. The number of hydrogen-bond acceptors (Lipinski definition) is 3. The van der Waals surface area contributed by atoms with Crippen LogP contribution in [0.5, 0.6) is 0 Å². The van der Waals surface area contributed by atoms with Crippen molar-refractivity contribution in [2.45, 2.75) is 38.7 Å². The van der Waals surface area contributed by atoms with Crippen molar-refractivity contribution in [2.24, 2.45) is 5.92 Å². The van der Waals surface area contributed by atoms with Crippen LogP contribution in [0.1, 0.15) is 32.6 Å². The van der Waals surface area contributed by atoms with E-state index >= 15 is 0 Å². The van der Waals surface area contributed by atoms with Crippen LogP contribution < -0.4 is 0 Å². The molecule has 4 rings (SSSR count). The summed E-state index contributed by atoms with van der Waals surface area (Å²) in [5.74, 6) is 1.31. The lowest BCUT2D eigenvalue weighted by molar-refractivity contribution is -0.110. The Hall–Kier alpha value is -1.74. The van der Waals surface area contributed by atoms with Crippen LogP contribution in [0.4, 0.5) is 0 Å². The lowest BCUT2D eigenvalue weighted by Gasteiger charge is -2.32. The second-order valence-corrected chi connectivity index (χ2v) is 6.77. The van der Waals surface area contributed by atoms with E-state index in [9.17, 15) is 4.79 Å². The zero-order valence-corrected chi connectivity index (χ0v) is 13.4. The van der Waals surface area contributed by atoms with Gasteiger partial charge in [-0.1, -0.05) is 25.6 Å². The molecule has 0 amide bonds. The van der Waals surface area contributed by atoms with E-state index in [4.69, 9.17) is 17.0 Å². The molecule has 0 aromatic rings. The van der Waals surface area contributed by atoms with Gasteiger partial charge in [0.2, 0.25) is 0 Å². The van der Waals surface area contributed by atoms with Crippen molar-refractivity contribution in [2.75, 3.05) is 0 Å². The molecule has 0 saturated heterocycles. The van der Waals surface area contributed by atoms with Gasteiger partial charge in [-0.25, -0.2) is 0 Å². The number of carbonyl (C=O) groups excluding carboxylic acids is 1. The molecule has 1 aliphatic heterocycles. The van der Waals surface area contributed by atoms with Gasteiger partial charge in [0.25, 0.3) is 0 Å². The Balaban J connectivity index is 1.73. The van der Waals surface area contributed by atoms with E-state index in [1.54, 1.807) is 12.2 Å². The maximum Gasteiger partial charge on any atom is 0.182 e. The first-order valence-corrected chi connectivity index (χ1v) is 8.39. The minimum Gasteiger partial charge on any atom is -0.481 e. The maximum absolute atomic E-state index is 11.9. The first kappa shape index (κ1) is 13.9. The minimum absolute atomic E-state index is 0.0468. The summed E-state index contributed by atoms with van der Waals surface area (Å²) in [7, 11) is 0. The summed E-state index contributed by atoms with van der Waals surface area (Å²) in [6, 6.07) is 0. The Morgan fingerprint density at radius 2 is 2.05 bits per heavy atom. The number of fused-ring (bicyclic) bond motifs is 2. The average molecular weight is 310 g/mol. The topological polar surface area (TPSA) is 26.3 Å². The van der Waals surface area contributed by atoms with Crippen LogP contribution in [0, 0.1) is 5.92 Å². The largest absolute Gasteiger partial charge is 0.481 e. The third-order valence-corrected chi connectivity index (χ3v) is 4.92. The van der Waals surface area contributed by atoms with Gasteiger partial charge in [-0.3, -0.25) is 4.79 Å². The fourth-order valence-electron chi connectivity index (χ4n) is 3.30. The van der Waals surface area contributed by atoms with Gasteiger partial charge in [-0.2, -0.15) is 0 Å². The number of ketones is 1. The molecule has 1 atom stereocenters. The van der Waals surface area contributed by atoms with Gasteiger partial charge in [-0.15, -0.1) is 0 Å². The Kier molecular flexibility index (Phi) is 3.26. The Morgan fingerprint density at radius 1 is 1.23 bits per heavy atom. The van der Waals surface area contributed by atoms with E-state index in [1.165, 1.54) is 18.4 Å². The zero-order chi connectivity index (χ0) is 15.3. The van der Waals surface area contributed by atoms with Crippen LogP contribution >= 0.6 is 12.2 Å². The molecule has 0 bridgehead atoms. The van der Waals surface area contributed by atoms with Crippen molar-refractivity contribution in [1.82, 2.24) is 0 Å². The quantitative estimate of drug-likeness (QED) is 0.733. The predicted molar refractivity (Wildman–Crippen MR) is 90.5 cm³/mol. The number of thiocarbonyl (C=S) groups is 1. The van der Waals surface area contributed by atoms with Crippen LogP contribution in [-0.2, 0) is 9.53 Å². The summed E-state index contributed by atoms with van der Waals surface area (Å²) >= 11 is 5.51. The highest BCUT2D eigenvalue weighted by Gasteiger charge is 2.36. The predicted octanol–water partition coefficient (Wildman–Crippen LogP) is 4.15. The van der Waals surface area contributed by atoms with E-state index in [0.29, 0.717) is 5.92 Å². The summed E-state index contributed by atoms with van der Waals surface area (Å²) in [6.07, 6.45) is 14.0. The molecule has 1 unspecified atom stereocenters. The highest BCUT2D eigenvalue weighted by molar-refractivity contribution is 7.81. The highest BCUT2D eigenvalue weighted by Crippen LogP contribution is 2.46. The van der Waals surface area contributed by atoms with Gasteiger partial charge in [0.15, 0.2) is 5.78 Å². The second kappa shape index (κ2) is 5.17. The number of ether oxygens (including phenoxy) is 1. The molecule has 0 aromatic heterocycles. The SMILES string of the molecule is CCCC1=CC2OC3=CC(=O)C=C(C4CC4)C3=CC2=CC1=S. The van der Waals surface area contributed by atoms with Crippen LogP contribution in [-0.4, -0.2) is 16.8 Å². The summed E-state index contributed by atoms with van der Waals surface area (Å²) in [6.45, 7) is 2.15. The number of allylic oxidation sites excluding steroid dienone is 5. The van der Waals surface area contributed by atoms with Crippen molar-refractivity contribution in [3.63, 3.8) is 0 Å². The molecule has 1 heterocycles. The van der Waals surface area contributed by atoms with Crippen molar-refractivity contribution in [3.8, 4) is 0 Å². The number of rotatable bonds is 3. The van der Waals surface area contributed by atoms with Crippen molar-refractivity contribution >= 4 is 22.9 Å². The molecule has 0 radical (unpaired) electrons. The molecule has 4 aliphatic rings. The Labute approximate surface area is 135 Å². The molecule has 1 saturated carbocycles. The van der Waals surface area contributed by atoms with Gasteiger partial charge in [0.05, 0.1) is 0 Å². The Bertz CT molecular complexity index is 727. The van der Waals surface area contributed by atoms with Crippen LogP contribution in [0.3, 0.4) is 0 Å². The maximum atomic E-state index is 11.9. The average Bonchev–Trinajstić information content (AvgIpc) is 3.30. The summed E-state index contributed by atoms with van der Waals surface area (Å²) in [4.78, 5) is 12.8. The van der Waals surface area contributed by atoms with Gasteiger partial charge < -0.3 is 4.74 Å². The third-order valence-electron chi connectivity index (χ3n) is 4.54. The molecule has 3 heteroatoms. The fraction of sp³-hybridized carbons (Fsp3) is 0.368. The van der Waals surface area contributed by atoms with Crippen LogP contribution in [0.2, 0.25) is 0 Å². The lowest BCUT2D eigenvalue weighted by atomic mass is 9.85. The molecule has 1 fully saturated rings. The molecular formula is C19H18O2S. The van der Waals surface area contributed by atoms with E-state index in [-0.39, 0.29) is 11.9 Å². The molecule has 0 aromatic carbocycles. The summed E-state index contributed by atoms with van der Waals surface area (Å²) in [5, 5.41) is 0. The van der Waals surface area contributed by atoms with E-state index in [1.807, 2.05) is 0 Å². The normalized spacial score (nSPS) is 26.8. The van der Waals surface area contributed by atoms with E-state index in [2.05, 4.69) is 25.2 Å². The molecule has 3 aliphatic carbocycles. The van der Waals surface area contributed by atoms with E-state index in [0.717, 1.165) is 40.2 Å². The molecule has 0 spiro atoms. The van der Waals surface area contributed by atoms with E-state index < -0.39 is 0 Å². The van der Waals surface area contributed by atoms with Gasteiger partial charge in [0.1, 0.15) is 11.9 Å². The third kappa shape index (κ3) is 2.34. The Morgan fingerprint density at radius 3 is 2.77 bits per heavy atom. The first-order valence-electron chi connectivity index (χ1n) is 7.98. The highest BCUT2D eigenvalue weighted by atomic mass is 32.1. The molecular weight excluding hydrogens is 292 g/mol. The van der Waals surface area contributed by atoms with Gasteiger partial charge in [-0.05, 0) is 66.2 Å². The van der Waals surface area contributed by atoms with Crippen LogP contribution in [0.15, 0.2) is 58.4 Å². The van der Waals surface area contributed by atoms with Gasteiger partial charge >= 0.3 is 0 Å².